The molecule has 0 aliphatic heterocycles. The third kappa shape index (κ3) is 50.1. The summed E-state index contributed by atoms with van der Waals surface area (Å²) in [6.07, 6.45) is 64.1. The van der Waals surface area contributed by atoms with E-state index < -0.39 is 32.5 Å². The van der Waals surface area contributed by atoms with Gasteiger partial charge in [0.15, 0.2) is 6.10 Å². The molecule has 0 saturated carbocycles. The van der Waals surface area contributed by atoms with Crippen LogP contribution in [0.1, 0.15) is 181 Å². The van der Waals surface area contributed by atoms with Crippen LogP contribution in [-0.4, -0.2) is 70.0 Å². The molecule has 0 aliphatic carbocycles. The third-order valence-corrected chi connectivity index (χ3v) is 11.2. The smallest absolute Gasteiger partial charge is 0.306 e. The van der Waals surface area contributed by atoms with E-state index in [1.807, 2.05) is 21.1 Å². The summed E-state index contributed by atoms with van der Waals surface area (Å²) in [6, 6.07) is 0. The molecular formula is C56H94NO8P. The van der Waals surface area contributed by atoms with Crippen molar-refractivity contribution in [2.75, 3.05) is 47.5 Å². The number of carbonyl (C=O) groups excluding carboxylic acids is 2. The zero-order valence-electron chi connectivity index (χ0n) is 42.3. The minimum atomic E-state index is -4.66. The topological polar surface area (TPSA) is 111 Å². The van der Waals surface area contributed by atoms with Crippen LogP contribution in [0.25, 0.3) is 0 Å². The quantitative estimate of drug-likeness (QED) is 0.0195. The van der Waals surface area contributed by atoms with Gasteiger partial charge < -0.3 is 27.9 Å². The van der Waals surface area contributed by atoms with E-state index in [9.17, 15) is 19.0 Å². The summed E-state index contributed by atoms with van der Waals surface area (Å²) in [5, 5.41) is 0. The van der Waals surface area contributed by atoms with E-state index >= 15 is 0 Å². The molecule has 0 heterocycles. The van der Waals surface area contributed by atoms with Gasteiger partial charge in [-0.1, -0.05) is 175 Å². The maximum Gasteiger partial charge on any atom is 0.306 e. The molecule has 66 heavy (non-hydrogen) atoms. The second-order valence-corrected chi connectivity index (χ2v) is 19.2. The number of hydrogen-bond acceptors (Lipinski definition) is 8. The molecule has 0 spiro atoms. The van der Waals surface area contributed by atoms with Gasteiger partial charge in [-0.15, -0.1) is 0 Å². The fraction of sp³-hybridized carbons (Fsp3) is 0.643. The average Bonchev–Trinajstić information content (AvgIpc) is 3.27. The highest BCUT2D eigenvalue weighted by Crippen LogP contribution is 2.38. The highest BCUT2D eigenvalue weighted by Gasteiger charge is 2.21. The molecule has 9 nitrogen and oxygen atoms in total. The fourth-order valence-corrected chi connectivity index (χ4v) is 7.04. The molecule has 0 aromatic heterocycles. The zero-order valence-corrected chi connectivity index (χ0v) is 43.2. The molecule has 0 aliphatic rings. The fourth-order valence-electron chi connectivity index (χ4n) is 6.31. The second-order valence-electron chi connectivity index (χ2n) is 17.8. The van der Waals surface area contributed by atoms with Crippen molar-refractivity contribution in [3.8, 4) is 0 Å². The Labute approximate surface area is 404 Å². The van der Waals surface area contributed by atoms with E-state index in [2.05, 4.69) is 123 Å². The molecule has 0 aromatic carbocycles. The number of hydrogen-bond donors (Lipinski definition) is 0. The second kappa shape index (κ2) is 46.8. The van der Waals surface area contributed by atoms with E-state index in [4.69, 9.17) is 18.5 Å². The van der Waals surface area contributed by atoms with E-state index in [0.29, 0.717) is 23.9 Å². The molecule has 0 fully saturated rings. The van der Waals surface area contributed by atoms with Crippen LogP contribution in [-0.2, 0) is 32.7 Å². The standard InChI is InChI=1S/C56H94NO8P/c1-6-8-10-12-14-16-18-20-22-24-26-28-30-32-34-36-38-40-42-44-46-48-55(58)62-52-54(53-64-66(60,61)63-51-50-57(3,4)5)65-56(59)49-47-45-43-41-39-37-35-33-31-29-27-25-23-21-19-17-15-13-11-9-7-2/h9,11,15,17-18,20-21,23-24,26-27,29-30,32-33,35,39,41,54H,6-8,10,12-14,16,19,22,25,28,31,34,36-38,40,42-53H2,1-5H3/b11-9-,17-15-,20-18-,23-21-,26-24-,29-27-,32-30-,35-33-,41-39-. The monoisotopic (exact) mass is 940 g/mol. The first-order chi connectivity index (χ1) is 32.0. The van der Waals surface area contributed by atoms with Crippen LogP contribution in [0.5, 0.6) is 0 Å². The van der Waals surface area contributed by atoms with Gasteiger partial charge >= 0.3 is 11.9 Å². The van der Waals surface area contributed by atoms with Gasteiger partial charge in [0.2, 0.25) is 0 Å². The predicted molar refractivity (Wildman–Crippen MR) is 277 cm³/mol. The number of phosphoric ester groups is 1. The van der Waals surface area contributed by atoms with Crippen molar-refractivity contribution in [2.24, 2.45) is 0 Å². The Morgan fingerprint density at radius 3 is 1.32 bits per heavy atom. The molecule has 0 bridgehead atoms. The lowest BCUT2D eigenvalue weighted by Gasteiger charge is -2.28. The lowest BCUT2D eigenvalue weighted by Crippen LogP contribution is -2.37. The normalized spacial score (nSPS) is 14.3. The maximum atomic E-state index is 12.7. The van der Waals surface area contributed by atoms with E-state index in [1.54, 1.807) is 0 Å². The van der Waals surface area contributed by atoms with Crippen LogP contribution in [0.2, 0.25) is 0 Å². The summed E-state index contributed by atoms with van der Waals surface area (Å²) in [7, 11) is 1.11. The van der Waals surface area contributed by atoms with Crippen molar-refractivity contribution in [3.63, 3.8) is 0 Å². The molecule has 2 atom stereocenters. The van der Waals surface area contributed by atoms with Crippen LogP contribution >= 0.6 is 7.82 Å². The number of quaternary nitrogens is 1. The Hall–Kier alpha value is -3.33. The van der Waals surface area contributed by atoms with Crippen LogP contribution in [0.3, 0.4) is 0 Å². The first-order valence-electron chi connectivity index (χ1n) is 25.6. The van der Waals surface area contributed by atoms with E-state index in [0.717, 1.165) is 103 Å². The number of carbonyl (C=O) groups is 2. The molecule has 0 radical (unpaired) electrons. The molecule has 0 saturated heterocycles. The van der Waals surface area contributed by atoms with Gasteiger partial charge in [0.25, 0.3) is 7.82 Å². The molecule has 0 N–H and O–H groups in total. The van der Waals surface area contributed by atoms with Crippen molar-refractivity contribution >= 4 is 19.8 Å². The third-order valence-electron chi connectivity index (χ3n) is 10.3. The van der Waals surface area contributed by atoms with Crippen LogP contribution in [0.15, 0.2) is 109 Å². The van der Waals surface area contributed by atoms with Crippen molar-refractivity contribution in [3.05, 3.63) is 109 Å². The van der Waals surface area contributed by atoms with Crippen molar-refractivity contribution in [2.45, 2.75) is 187 Å². The Morgan fingerprint density at radius 2 is 0.864 bits per heavy atom. The number of unbranched alkanes of at least 4 members (excludes halogenated alkanes) is 13. The van der Waals surface area contributed by atoms with Gasteiger partial charge in [0.05, 0.1) is 27.7 Å². The Kier molecular flexibility index (Phi) is 44.4. The summed E-state index contributed by atoms with van der Waals surface area (Å²) in [5.74, 6) is -0.909. The Balaban J connectivity index is 4.41. The largest absolute Gasteiger partial charge is 0.756 e. The molecule has 0 amide bonds. The van der Waals surface area contributed by atoms with Gasteiger partial charge in [0, 0.05) is 12.8 Å². The van der Waals surface area contributed by atoms with E-state index in [-0.39, 0.29) is 26.1 Å². The molecule has 10 heteroatoms. The van der Waals surface area contributed by atoms with Crippen LogP contribution in [0.4, 0.5) is 0 Å². The molecule has 0 rings (SSSR count). The summed E-state index contributed by atoms with van der Waals surface area (Å²) in [4.78, 5) is 37.7. The van der Waals surface area contributed by atoms with Gasteiger partial charge in [-0.25, -0.2) is 0 Å². The summed E-state index contributed by atoms with van der Waals surface area (Å²) in [6.45, 7) is 4.02. The van der Waals surface area contributed by atoms with Crippen LogP contribution < -0.4 is 4.89 Å². The summed E-state index contributed by atoms with van der Waals surface area (Å²) < 4.78 is 34.0. The highest BCUT2D eigenvalue weighted by molar-refractivity contribution is 7.45. The van der Waals surface area contributed by atoms with Crippen molar-refractivity contribution in [1.29, 1.82) is 0 Å². The minimum absolute atomic E-state index is 0.0484. The number of esters is 2. The minimum Gasteiger partial charge on any atom is -0.756 e. The number of likely N-dealkylation sites (N-methyl/N-ethyl adjacent to an activating group) is 1. The summed E-state index contributed by atoms with van der Waals surface area (Å²) in [5.41, 5.74) is 0. The van der Waals surface area contributed by atoms with Gasteiger partial charge in [-0.2, -0.15) is 0 Å². The highest BCUT2D eigenvalue weighted by atomic mass is 31.2. The Morgan fingerprint density at radius 1 is 0.485 bits per heavy atom. The number of nitrogens with zero attached hydrogens (tertiary/aromatic N) is 1. The molecule has 2 unspecified atom stereocenters. The lowest BCUT2D eigenvalue weighted by atomic mass is 10.1. The molecule has 376 valence electrons. The SMILES string of the molecule is CC/C=C\C/C=C\C/C=C\C/C=C\C/C=C\C/C=C\CCCCC(=O)OC(COC(=O)CCCCCCCC/C=C\C/C=C\C/C=C\CCCCCCC)COP(=O)([O-])OCC[N+](C)(C)C. The van der Waals surface area contributed by atoms with Crippen molar-refractivity contribution in [1.82, 2.24) is 0 Å². The number of ether oxygens (including phenoxy) is 2. The number of phosphoric acid groups is 1. The molecular weight excluding hydrogens is 846 g/mol. The predicted octanol–water partition coefficient (Wildman–Crippen LogP) is 14.8. The van der Waals surface area contributed by atoms with E-state index in [1.165, 1.54) is 38.5 Å². The number of allylic oxidation sites excluding steroid dienone is 18. The first-order valence-corrected chi connectivity index (χ1v) is 27.1. The van der Waals surface area contributed by atoms with Crippen molar-refractivity contribution < 1.29 is 42.1 Å². The summed E-state index contributed by atoms with van der Waals surface area (Å²) >= 11 is 0. The van der Waals surface area contributed by atoms with Gasteiger partial charge in [0.1, 0.15) is 19.8 Å². The lowest BCUT2D eigenvalue weighted by molar-refractivity contribution is -0.870. The van der Waals surface area contributed by atoms with Gasteiger partial charge in [-0.05, 0) is 103 Å². The zero-order chi connectivity index (χ0) is 48.5. The Bertz CT molecular complexity index is 1480. The van der Waals surface area contributed by atoms with Gasteiger partial charge in [-0.3, -0.25) is 14.2 Å². The molecule has 0 aromatic rings. The number of rotatable bonds is 45. The average molecular weight is 940 g/mol. The first kappa shape index (κ1) is 62.7. The maximum absolute atomic E-state index is 12.7. The van der Waals surface area contributed by atoms with Crippen LogP contribution in [0, 0.1) is 0 Å².